The number of nitrogens with zero attached hydrogens (tertiary/aromatic N) is 2. The van der Waals surface area contributed by atoms with E-state index < -0.39 is 0 Å². The third-order valence-electron chi connectivity index (χ3n) is 4.85. The SMILES string of the molecule is O=[N+]([O-])c1ccc(N2CC[NH+](C[C@H]3CC=CCC3)CC2)cc1. The molecule has 1 heterocycles. The third-order valence-corrected chi connectivity index (χ3v) is 4.85. The zero-order valence-electron chi connectivity index (χ0n) is 12.9. The van der Waals surface area contributed by atoms with Crippen LogP contribution in [0.5, 0.6) is 0 Å². The van der Waals surface area contributed by atoms with Crippen LogP contribution in [0.25, 0.3) is 0 Å². The zero-order chi connectivity index (χ0) is 15.4. The molecule has 0 unspecified atom stereocenters. The molecule has 1 saturated heterocycles. The molecular weight excluding hydrogens is 278 g/mol. The number of hydrogen-bond acceptors (Lipinski definition) is 3. The summed E-state index contributed by atoms with van der Waals surface area (Å²) < 4.78 is 0. The number of hydrogen-bond donors (Lipinski definition) is 1. The lowest BCUT2D eigenvalue weighted by Gasteiger charge is -2.35. The first-order chi connectivity index (χ1) is 10.7. The van der Waals surface area contributed by atoms with Crippen LogP contribution in [0.2, 0.25) is 0 Å². The van der Waals surface area contributed by atoms with Crippen LogP contribution >= 0.6 is 0 Å². The Morgan fingerprint density at radius 2 is 1.91 bits per heavy atom. The van der Waals surface area contributed by atoms with E-state index in [4.69, 9.17) is 0 Å². The summed E-state index contributed by atoms with van der Waals surface area (Å²) in [5, 5.41) is 10.7. The number of nitro benzene ring substituents is 1. The van der Waals surface area contributed by atoms with Crippen LogP contribution in [0.15, 0.2) is 36.4 Å². The van der Waals surface area contributed by atoms with E-state index >= 15 is 0 Å². The molecule has 0 aromatic heterocycles. The summed E-state index contributed by atoms with van der Waals surface area (Å²) in [4.78, 5) is 14.4. The lowest BCUT2D eigenvalue weighted by molar-refractivity contribution is -0.904. The molecule has 22 heavy (non-hydrogen) atoms. The van der Waals surface area contributed by atoms with E-state index in [0.717, 1.165) is 37.8 Å². The van der Waals surface area contributed by atoms with Gasteiger partial charge in [-0.2, -0.15) is 0 Å². The second kappa shape index (κ2) is 6.92. The summed E-state index contributed by atoms with van der Waals surface area (Å²) in [6.07, 6.45) is 8.47. The first-order valence-electron chi connectivity index (χ1n) is 8.20. The summed E-state index contributed by atoms with van der Waals surface area (Å²) >= 11 is 0. The second-order valence-electron chi connectivity index (χ2n) is 6.37. The molecule has 0 spiro atoms. The predicted octanol–water partition coefficient (Wildman–Crippen LogP) is 1.66. The van der Waals surface area contributed by atoms with Gasteiger partial charge in [0.2, 0.25) is 0 Å². The number of non-ortho nitro benzene ring substituents is 1. The van der Waals surface area contributed by atoms with Gasteiger partial charge in [-0.3, -0.25) is 10.1 Å². The number of anilines is 1. The fourth-order valence-electron chi connectivity index (χ4n) is 3.52. The maximum Gasteiger partial charge on any atom is 0.269 e. The summed E-state index contributed by atoms with van der Waals surface area (Å²) in [7, 11) is 0. The van der Waals surface area contributed by atoms with Gasteiger partial charge in [0.25, 0.3) is 5.69 Å². The number of rotatable bonds is 4. The molecule has 2 aliphatic rings. The molecule has 0 saturated carbocycles. The van der Waals surface area contributed by atoms with Gasteiger partial charge in [0.1, 0.15) is 0 Å². The van der Waals surface area contributed by atoms with Crippen LogP contribution in [-0.4, -0.2) is 37.6 Å². The van der Waals surface area contributed by atoms with E-state index in [-0.39, 0.29) is 10.6 Å². The van der Waals surface area contributed by atoms with Gasteiger partial charge < -0.3 is 9.80 Å². The van der Waals surface area contributed by atoms with Crippen molar-refractivity contribution in [2.75, 3.05) is 37.6 Å². The van der Waals surface area contributed by atoms with Crippen LogP contribution in [-0.2, 0) is 0 Å². The summed E-state index contributed by atoms with van der Waals surface area (Å²) in [6, 6.07) is 6.94. The summed E-state index contributed by atoms with van der Waals surface area (Å²) in [5.41, 5.74) is 1.27. The van der Waals surface area contributed by atoms with E-state index in [1.807, 2.05) is 12.1 Å². The Morgan fingerprint density at radius 3 is 2.50 bits per heavy atom. The van der Waals surface area contributed by atoms with Gasteiger partial charge in [-0.25, -0.2) is 0 Å². The Bertz CT molecular complexity index is 533. The lowest BCUT2D eigenvalue weighted by atomic mass is 9.94. The monoisotopic (exact) mass is 302 g/mol. The first-order valence-corrected chi connectivity index (χ1v) is 8.20. The number of nitrogens with one attached hydrogen (secondary N) is 1. The standard InChI is InChI=1S/C17H23N3O2/c21-20(22)17-8-6-16(7-9-17)19-12-10-18(11-13-19)14-15-4-2-1-3-5-15/h1-2,6-9,15H,3-5,10-14H2/p+1/t15-/m0/s1. The Kier molecular flexibility index (Phi) is 4.73. The number of allylic oxidation sites excluding steroid dienone is 2. The van der Waals surface area contributed by atoms with Crippen molar-refractivity contribution in [3.05, 3.63) is 46.5 Å². The Balaban J connectivity index is 1.50. The molecule has 3 rings (SSSR count). The zero-order valence-corrected chi connectivity index (χ0v) is 12.9. The lowest BCUT2D eigenvalue weighted by Crippen LogP contribution is -3.15. The minimum Gasteiger partial charge on any atom is -0.360 e. The second-order valence-corrected chi connectivity index (χ2v) is 6.37. The van der Waals surface area contributed by atoms with E-state index in [1.54, 1.807) is 17.0 Å². The molecule has 1 aliphatic carbocycles. The van der Waals surface area contributed by atoms with E-state index in [0.29, 0.717) is 0 Å². The van der Waals surface area contributed by atoms with Gasteiger partial charge in [0, 0.05) is 23.7 Å². The fourth-order valence-corrected chi connectivity index (χ4v) is 3.52. The number of nitro groups is 1. The molecule has 0 radical (unpaired) electrons. The molecule has 5 heteroatoms. The summed E-state index contributed by atoms with van der Waals surface area (Å²) in [5.74, 6) is 0.853. The molecule has 1 aliphatic heterocycles. The minimum atomic E-state index is -0.343. The minimum absolute atomic E-state index is 0.165. The largest absolute Gasteiger partial charge is 0.360 e. The number of benzene rings is 1. The Hall–Kier alpha value is -1.88. The molecule has 1 atom stereocenters. The normalized spacial score (nSPS) is 22.7. The Morgan fingerprint density at radius 1 is 1.18 bits per heavy atom. The van der Waals surface area contributed by atoms with Crippen molar-refractivity contribution in [1.29, 1.82) is 0 Å². The molecule has 0 bridgehead atoms. The van der Waals surface area contributed by atoms with Crippen molar-refractivity contribution in [1.82, 2.24) is 0 Å². The van der Waals surface area contributed by atoms with Crippen LogP contribution in [0.3, 0.4) is 0 Å². The molecule has 1 fully saturated rings. The first kappa shape index (κ1) is 15.0. The van der Waals surface area contributed by atoms with E-state index in [9.17, 15) is 10.1 Å². The average molecular weight is 302 g/mol. The van der Waals surface area contributed by atoms with Gasteiger partial charge in [-0.05, 0) is 31.4 Å². The molecule has 1 aromatic rings. The van der Waals surface area contributed by atoms with Gasteiger partial charge >= 0.3 is 0 Å². The Labute approximate surface area is 131 Å². The van der Waals surface area contributed by atoms with E-state index in [1.165, 1.54) is 25.8 Å². The molecule has 1 N–H and O–H groups in total. The highest BCUT2D eigenvalue weighted by molar-refractivity contribution is 5.50. The van der Waals surface area contributed by atoms with Crippen molar-refractivity contribution in [2.45, 2.75) is 19.3 Å². The van der Waals surface area contributed by atoms with Crippen molar-refractivity contribution in [3.63, 3.8) is 0 Å². The van der Waals surface area contributed by atoms with Gasteiger partial charge in [0.15, 0.2) is 0 Å². The average Bonchev–Trinajstić information content (AvgIpc) is 2.57. The smallest absolute Gasteiger partial charge is 0.269 e. The molecule has 1 aromatic carbocycles. The highest BCUT2D eigenvalue weighted by atomic mass is 16.6. The number of quaternary nitrogens is 1. The third kappa shape index (κ3) is 3.65. The van der Waals surface area contributed by atoms with Crippen LogP contribution in [0.1, 0.15) is 19.3 Å². The van der Waals surface area contributed by atoms with Crippen LogP contribution in [0.4, 0.5) is 11.4 Å². The van der Waals surface area contributed by atoms with Crippen molar-refractivity contribution in [2.24, 2.45) is 5.92 Å². The molecule has 118 valence electrons. The topological polar surface area (TPSA) is 50.8 Å². The quantitative estimate of drug-likeness (QED) is 0.523. The highest BCUT2D eigenvalue weighted by Gasteiger charge is 2.23. The van der Waals surface area contributed by atoms with Crippen LogP contribution in [0, 0.1) is 16.0 Å². The van der Waals surface area contributed by atoms with Crippen molar-refractivity contribution in [3.8, 4) is 0 Å². The predicted molar refractivity (Wildman–Crippen MR) is 87.4 cm³/mol. The molecular formula is C17H24N3O2+. The number of piperazine rings is 1. The van der Waals surface area contributed by atoms with Crippen molar-refractivity contribution < 1.29 is 9.82 Å². The highest BCUT2D eigenvalue weighted by Crippen LogP contribution is 2.19. The van der Waals surface area contributed by atoms with Crippen LogP contribution < -0.4 is 9.80 Å². The maximum absolute atomic E-state index is 10.7. The molecule has 5 nitrogen and oxygen atoms in total. The molecule has 0 amide bonds. The van der Waals surface area contributed by atoms with E-state index in [2.05, 4.69) is 17.1 Å². The van der Waals surface area contributed by atoms with Gasteiger partial charge in [-0.1, -0.05) is 12.2 Å². The maximum atomic E-state index is 10.7. The fraction of sp³-hybridized carbons (Fsp3) is 0.529. The van der Waals surface area contributed by atoms with Crippen molar-refractivity contribution >= 4 is 11.4 Å². The summed E-state index contributed by atoms with van der Waals surface area (Å²) in [6.45, 7) is 5.69. The van der Waals surface area contributed by atoms with Gasteiger partial charge in [0.05, 0.1) is 37.6 Å². The van der Waals surface area contributed by atoms with Gasteiger partial charge in [-0.15, -0.1) is 0 Å².